The molecular weight excluding hydrogens is 228 g/mol. The first-order valence-electron chi connectivity index (χ1n) is 5.84. The molecule has 1 atom stereocenters. The molecule has 1 aromatic carbocycles. The highest BCUT2D eigenvalue weighted by Crippen LogP contribution is 2.29. The second-order valence-electron chi connectivity index (χ2n) is 4.35. The maximum absolute atomic E-state index is 11.8. The number of nitrogens with zero attached hydrogens (tertiary/aromatic N) is 1. The van der Waals surface area contributed by atoms with Crippen LogP contribution in [0.1, 0.15) is 36.4 Å². The number of rotatable bonds is 2. The molecule has 1 aliphatic carbocycles. The van der Waals surface area contributed by atoms with Crippen LogP contribution in [-0.2, 0) is 4.79 Å². The van der Waals surface area contributed by atoms with Crippen molar-refractivity contribution in [1.82, 2.24) is 0 Å². The molecule has 0 spiro atoms. The summed E-state index contributed by atoms with van der Waals surface area (Å²) in [4.78, 5) is 11.8. The number of hydrogen-bond donors (Lipinski definition) is 2. The molecule has 4 heteroatoms. The fourth-order valence-electron chi connectivity index (χ4n) is 2.13. The average Bonchev–Trinajstić information content (AvgIpc) is 2.38. The van der Waals surface area contributed by atoms with Crippen LogP contribution in [-0.4, -0.2) is 10.9 Å². The summed E-state index contributed by atoms with van der Waals surface area (Å²) in [6, 6.07) is 8.13. The third kappa shape index (κ3) is 2.27. The lowest BCUT2D eigenvalue weighted by Crippen LogP contribution is -2.23. The van der Waals surface area contributed by atoms with E-state index in [-0.39, 0.29) is 11.5 Å². The van der Waals surface area contributed by atoms with Crippen LogP contribution < -0.4 is 5.73 Å². The molecule has 1 aromatic rings. The summed E-state index contributed by atoms with van der Waals surface area (Å²) in [5.41, 5.74) is 7.60. The second-order valence-corrected chi connectivity index (χ2v) is 4.35. The van der Waals surface area contributed by atoms with Crippen LogP contribution in [0.25, 0.3) is 0 Å². The van der Waals surface area contributed by atoms with Gasteiger partial charge in [-0.3, -0.25) is 4.79 Å². The molecule has 1 aliphatic rings. The molecule has 0 aromatic heterocycles. The minimum Gasteiger partial charge on any atom is -0.512 e. The van der Waals surface area contributed by atoms with Crippen LogP contribution in [0.3, 0.4) is 0 Å². The van der Waals surface area contributed by atoms with Crippen molar-refractivity contribution in [2.75, 3.05) is 0 Å². The number of ketones is 1. The molecule has 0 heterocycles. The van der Waals surface area contributed by atoms with Gasteiger partial charge in [0.1, 0.15) is 5.76 Å². The number of nitriles is 1. The third-order valence-corrected chi connectivity index (χ3v) is 3.14. The van der Waals surface area contributed by atoms with Gasteiger partial charge in [-0.05, 0) is 24.1 Å². The van der Waals surface area contributed by atoms with Crippen molar-refractivity contribution >= 4 is 5.78 Å². The van der Waals surface area contributed by atoms with Crippen LogP contribution in [0.4, 0.5) is 0 Å². The van der Waals surface area contributed by atoms with Gasteiger partial charge in [-0.15, -0.1) is 0 Å². The molecule has 0 saturated heterocycles. The summed E-state index contributed by atoms with van der Waals surface area (Å²) in [7, 11) is 0. The molecule has 0 amide bonds. The predicted octanol–water partition coefficient (Wildman–Crippen LogP) is 2.12. The van der Waals surface area contributed by atoms with Crippen LogP contribution in [0.2, 0.25) is 0 Å². The van der Waals surface area contributed by atoms with Crippen LogP contribution in [0.15, 0.2) is 35.6 Å². The molecule has 18 heavy (non-hydrogen) atoms. The predicted molar refractivity (Wildman–Crippen MR) is 66.6 cm³/mol. The number of nitrogens with two attached hydrogens (primary N) is 1. The Bertz CT molecular complexity index is 538. The highest BCUT2D eigenvalue weighted by molar-refractivity contribution is 5.97. The van der Waals surface area contributed by atoms with E-state index in [2.05, 4.69) is 0 Å². The normalized spacial score (nSPS) is 17.4. The Kier molecular flexibility index (Phi) is 3.45. The zero-order chi connectivity index (χ0) is 13.1. The van der Waals surface area contributed by atoms with Crippen molar-refractivity contribution in [3.8, 4) is 6.07 Å². The quantitative estimate of drug-likeness (QED) is 0.831. The summed E-state index contributed by atoms with van der Waals surface area (Å²) in [6.45, 7) is 0. The van der Waals surface area contributed by atoms with E-state index in [0.717, 1.165) is 5.56 Å². The molecule has 0 saturated carbocycles. The highest BCUT2D eigenvalue weighted by atomic mass is 16.3. The first-order valence-corrected chi connectivity index (χ1v) is 5.84. The third-order valence-electron chi connectivity index (χ3n) is 3.14. The van der Waals surface area contributed by atoms with Crippen molar-refractivity contribution in [2.45, 2.75) is 25.3 Å². The Hall–Kier alpha value is -2.12. The van der Waals surface area contributed by atoms with Gasteiger partial charge in [-0.1, -0.05) is 12.1 Å². The minimum atomic E-state index is -0.620. The SMILES string of the molecule is N#Cc1ccc(C(N)C2=C(O)CCCC2=O)cc1. The van der Waals surface area contributed by atoms with Gasteiger partial charge >= 0.3 is 0 Å². The first-order chi connectivity index (χ1) is 8.63. The maximum atomic E-state index is 11.8. The van der Waals surface area contributed by atoms with Crippen molar-refractivity contribution < 1.29 is 9.90 Å². The van der Waals surface area contributed by atoms with E-state index < -0.39 is 6.04 Å². The molecule has 0 aliphatic heterocycles. The van der Waals surface area contributed by atoms with Crippen LogP contribution >= 0.6 is 0 Å². The number of aliphatic hydroxyl groups excluding tert-OH is 1. The van der Waals surface area contributed by atoms with E-state index in [1.165, 1.54) is 0 Å². The van der Waals surface area contributed by atoms with E-state index in [1.807, 2.05) is 6.07 Å². The maximum Gasteiger partial charge on any atom is 0.164 e. The largest absolute Gasteiger partial charge is 0.512 e. The fraction of sp³-hybridized carbons (Fsp3) is 0.286. The average molecular weight is 242 g/mol. The Morgan fingerprint density at radius 1 is 1.28 bits per heavy atom. The Labute approximate surface area is 105 Å². The molecule has 0 bridgehead atoms. The van der Waals surface area contributed by atoms with E-state index in [0.29, 0.717) is 30.4 Å². The lowest BCUT2D eigenvalue weighted by atomic mass is 9.88. The summed E-state index contributed by atoms with van der Waals surface area (Å²) in [5.74, 6) is 0.0127. The molecule has 1 unspecified atom stereocenters. The van der Waals surface area contributed by atoms with Gasteiger partial charge in [0.25, 0.3) is 0 Å². The standard InChI is InChI=1S/C14H14N2O2/c15-8-9-4-6-10(7-5-9)14(16)13-11(17)2-1-3-12(13)18/h4-7,14,17H,1-3,16H2. The van der Waals surface area contributed by atoms with Gasteiger partial charge in [-0.25, -0.2) is 0 Å². The molecule has 0 fully saturated rings. The molecule has 3 N–H and O–H groups in total. The monoisotopic (exact) mass is 242 g/mol. The summed E-state index contributed by atoms with van der Waals surface area (Å²) in [6.07, 6.45) is 1.61. The number of hydrogen-bond acceptors (Lipinski definition) is 4. The molecule has 2 rings (SSSR count). The zero-order valence-electron chi connectivity index (χ0n) is 9.89. The van der Waals surface area contributed by atoms with Crippen molar-refractivity contribution in [2.24, 2.45) is 5.73 Å². The highest BCUT2D eigenvalue weighted by Gasteiger charge is 2.26. The summed E-state index contributed by atoms with van der Waals surface area (Å²) >= 11 is 0. The summed E-state index contributed by atoms with van der Waals surface area (Å²) in [5, 5.41) is 18.5. The van der Waals surface area contributed by atoms with Crippen molar-refractivity contribution in [3.63, 3.8) is 0 Å². The molecule has 92 valence electrons. The molecule has 0 radical (unpaired) electrons. The number of carbonyl (C=O) groups excluding carboxylic acids is 1. The van der Waals surface area contributed by atoms with E-state index in [1.54, 1.807) is 24.3 Å². The van der Waals surface area contributed by atoms with E-state index >= 15 is 0 Å². The number of aliphatic hydroxyl groups is 1. The number of carbonyl (C=O) groups is 1. The van der Waals surface area contributed by atoms with E-state index in [4.69, 9.17) is 11.0 Å². The lowest BCUT2D eigenvalue weighted by molar-refractivity contribution is -0.116. The number of Topliss-reactive ketones (excluding diaryl/α,β-unsaturated/α-hetero) is 1. The van der Waals surface area contributed by atoms with Gasteiger partial charge in [0.05, 0.1) is 23.2 Å². The molecular formula is C14H14N2O2. The fourth-order valence-corrected chi connectivity index (χ4v) is 2.13. The lowest BCUT2D eigenvalue weighted by Gasteiger charge is -2.21. The van der Waals surface area contributed by atoms with Crippen molar-refractivity contribution in [1.29, 1.82) is 5.26 Å². The number of benzene rings is 1. The Morgan fingerprint density at radius 2 is 1.94 bits per heavy atom. The Balaban J connectivity index is 2.33. The summed E-state index contributed by atoms with van der Waals surface area (Å²) < 4.78 is 0. The smallest absolute Gasteiger partial charge is 0.164 e. The van der Waals surface area contributed by atoms with Gasteiger partial charge in [0.2, 0.25) is 0 Å². The molecule has 4 nitrogen and oxygen atoms in total. The van der Waals surface area contributed by atoms with Gasteiger partial charge < -0.3 is 10.8 Å². The second kappa shape index (κ2) is 5.03. The first kappa shape index (κ1) is 12.3. The van der Waals surface area contributed by atoms with E-state index in [9.17, 15) is 9.90 Å². The minimum absolute atomic E-state index is 0.0874. The van der Waals surface area contributed by atoms with Crippen LogP contribution in [0.5, 0.6) is 0 Å². The van der Waals surface area contributed by atoms with Gasteiger partial charge in [0, 0.05) is 12.8 Å². The zero-order valence-corrected chi connectivity index (χ0v) is 9.89. The van der Waals surface area contributed by atoms with Gasteiger partial charge in [0.15, 0.2) is 5.78 Å². The van der Waals surface area contributed by atoms with Gasteiger partial charge in [-0.2, -0.15) is 5.26 Å². The van der Waals surface area contributed by atoms with Crippen molar-refractivity contribution in [3.05, 3.63) is 46.7 Å². The topological polar surface area (TPSA) is 87.1 Å². The number of allylic oxidation sites excluding steroid dienone is 1. The Morgan fingerprint density at radius 3 is 2.50 bits per heavy atom. The van der Waals surface area contributed by atoms with Crippen LogP contribution in [0, 0.1) is 11.3 Å².